The van der Waals surface area contributed by atoms with Crippen molar-refractivity contribution < 1.29 is 21.6 Å². The number of methoxy groups -OCH3 is 1. The minimum atomic E-state index is -3.77. The zero-order valence-corrected chi connectivity index (χ0v) is 18.6. The monoisotopic (exact) mass is 457 g/mol. The Balaban J connectivity index is 1.52. The maximum Gasteiger partial charge on any atom is 0.243 e. The Kier molecular flexibility index (Phi) is 5.88. The van der Waals surface area contributed by atoms with Gasteiger partial charge < -0.3 is 4.74 Å². The molecule has 6 nitrogen and oxygen atoms in total. The van der Waals surface area contributed by atoms with Crippen LogP contribution in [0.15, 0.2) is 88.7 Å². The Bertz CT molecular complexity index is 1250. The number of benzene rings is 3. The molecule has 31 heavy (non-hydrogen) atoms. The van der Waals surface area contributed by atoms with E-state index >= 15 is 0 Å². The summed E-state index contributed by atoms with van der Waals surface area (Å²) in [4.78, 5) is 0.380. The van der Waals surface area contributed by atoms with Gasteiger partial charge in [0, 0.05) is 13.1 Å². The summed E-state index contributed by atoms with van der Waals surface area (Å²) in [6.07, 6.45) is 0.278. The lowest BCUT2D eigenvalue weighted by Gasteiger charge is -2.17. The molecule has 1 atom stereocenters. The lowest BCUT2D eigenvalue weighted by atomic mass is 10.1. The third-order valence-corrected chi connectivity index (χ3v) is 9.60. The van der Waals surface area contributed by atoms with E-state index in [2.05, 4.69) is 0 Å². The molecule has 0 aromatic heterocycles. The van der Waals surface area contributed by atoms with Crippen LogP contribution in [0.2, 0.25) is 0 Å². The van der Waals surface area contributed by atoms with E-state index in [0.29, 0.717) is 0 Å². The van der Waals surface area contributed by atoms with E-state index in [0.717, 1.165) is 16.9 Å². The molecule has 162 valence electrons. The van der Waals surface area contributed by atoms with Crippen LogP contribution in [0.4, 0.5) is 0 Å². The molecule has 0 N–H and O–H groups in total. The van der Waals surface area contributed by atoms with Gasteiger partial charge in [-0.15, -0.1) is 0 Å². The highest BCUT2D eigenvalue weighted by molar-refractivity contribution is 7.92. The molecule has 1 fully saturated rings. The first-order valence-electron chi connectivity index (χ1n) is 9.86. The summed E-state index contributed by atoms with van der Waals surface area (Å²) in [6, 6.07) is 22.3. The van der Waals surface area contributed by atoms with Crippen molar-refractivity contribution in [3.05, 3.63) is 78.9 Å². The maximum atomic E-state index is 13.1. The Hall–Kier alpha value is -2.68. The summed E-state index contributed by atoms with van der Waals surface area (Å²) in [7, 11) is -5.75. The van der Waals surface area contributed by atoms with Crippen LogP contribution in [0.3, 0.4) is 0 Å². The van der Waals surface area contributed by atoms with Crippen molar-refractivity contribution in [1.82, 2.24) is 4.31 Å². The van der Waals surface area contributed by atoms with Gasteiger partial charge in [0.15, 0.2) is 9.84 Å². The van der Waals surface area contributed by atoms with Gasteiger partial charge in [0.05, 0.1) is 22.2 Å². The van der Waals surface area contributed by atoms with Crippen LogP contribution >= 0.6 is 0 Å². The minimum Gasteiger partial charge on any atom is -0.497 e. The van der Waals surface area contributed by atoms with Crippen LogP contribution < -0.4 is 4.74 Å². The van der Waals surface area contributed by atoms with Gasteiger partial charge in [-0.05, 0) is 53.9 Å². The van der Waals surface area contributed by atoms with E-state index in [1.165, 1.54) is 4.31 Å². The van der Waals surface area contributed by atoms with Crippen molar-refractivity contribution in [1.29, 1.82) is 0 Å². The lowest BCUT2D eigenvalue weighted by molar-refractivity contribution is 0.415. The zero-order valence-electron chi connectivity index (χ0n) is 17.0. The van der Waals surface area contributed by atoms with Crippen LogP contribution in [0.25, 0.3) is 11.1 Å². The topological polar surface area (TPSA) is 80.8 Å². The van der Waals surface area contributed by atoms with Gasteiger partial charge in [0.1, 0.15) is 5.75 Å². The van der Waals surface area contributed by atoms with Gasteiger partial charge in [-0.2, -0.15) is 4.31 Å². The molecule has 0 spiro atoms. The predicted molar refractivity (Wildman–Crippen MR) is 119 cm³/mol. The van der Waals surface area contributed by atoms with Crippen LogP contribution in [-0.2, 0) is 19.9 Å². The van der Waals surface area contributed by atoms with E-state index in [1.807, 2.05) is 24.3 Å². The maximum absolute atomic E-state index is 13.1. The molecule has 0 radical (unpaired) electrons. The quantitative estimate of drug-likeness (QED) is 0.565. The van der Waals surface area contributed by atoms with Crippen molar-refractivity contribution in [3.63, 3.8) is 0 Å². The fourth-order valence-corrected chi connectivity index (χ4v) is 7.03. The highest BCUT2D eigenvalue weighted by atomic mass is 32.2. The van der Waals surface area contributed by atoms with Crippen LogP contribution in [0.1, 0.15) is 6.42 Å². The van der Waals surface area contributed by atoms with E-state index < -0.39 is 25.1 Å². The molecule has 1 saturated heterocycles. The molecule has 1 unspecified atom stereocenters. The molecule has 0 aliphatic carbocycles. The fourth-order valence-electron chi connectivity index (χ4n) is 3.72. The van der Waals surface area contributed by atoms with Crippen LogP contribution in [-0.4, -0.2) is 46.6 Å². The van der Waals surface area contributed by atoms with Gasteiger partial charge >= 0.3 is 0 Å². The molecular formula is C23H23NO5S2. The molecule has 3 aromatic carbocycles. The first-order valence-corrected chi connectivity index (χ1v) is 12.8. The first-order chi connectivity index (χ1) is 14.8. The van der Waals surface area contributed by atoms with Gasteiger partial charge in [0.25, 0.3) is 0 Å². The van der Waals surface area contributed by atoms with Crippen molar-refractivity contribution >= 4 is 19.9 Å². The summed E-state index contributed by atoms with van der Waals surface area (Å²) >= 11 is 0. The number of hydrogen-bond donors (Lipinski definition) is 0. The molecule has 4 rings (SSSR count). The average molecular weight is 458 g/mol. The van der Waals surface area contributed by atoms with Crippen molar-refractivity contribution in [2.75, 3.05) is 20.2 Å². The number of ether oxygens (including phenoxy) is 1. The third kappa shape index (κ3) is 4.23. The summed E-state index contributed by atoms with van der Waals surface area (Å²) in [6.45, 7) is 0.138. The van der Waals surface area contributed by atoms with Crippen molar-refractivity contribution in [2.45, 2.75) is 21.5 Å². The Morgan fingerprint density at radius 2 is 1.35 bits per heavy atom. The van der Waals surface area contributed by atoms with E-state index in [4.69, 9.17) is 4.74 Å². The SMILES string of the molecule is COc1ccc(-c2ccc(S(=O)(=O)N3CCC(S(=O)(=O)c4ccccc4)C3)cc2)cc1. The third-order valence-electron chi connectivity index (χ3n) is 5.53. The Morgan fingerprint density at radius 3 is 1.94 bits per heavy atom. The number of sulfonamides is 1. The Morgan fingerprint density at radius 1 is 0.774 bits per heavy atom. The summed E-state index contributed by atoms with van der Waals surface area (Å²) < 4.78 is 58.3. The smallest absolute Gasteiger partial charge is 0.243 e. The number of rotatable bonds is 6. The van der Waals surface area contributed by atoms with Crippen molar-refractivity contribution in [2.24, 2.45) is 0 Å². The molecule has 1 aliphatic rings. The van der Waals surface area contributed by atoms with Crippen LogP contribution in [0.5, 0.6) is 5.75 Å². The van der Waals surface area contributed by atoms with E-state index in [-0.39, 0.29) is 29.3 Å². The van der Waals surface area contributed by atoms with Gasteiger partial charge in [0.2, 0.25) is 10.0 Å². The highest BCUT2D eigenvalue weighted by Gasteiger charge is 2.39. The second kappa shape index (κ2) is 8.45. The second-order valence-corrected chi connectivity index (χ2v) is 11.6. The molecule has 0 bridgehead atoms. The Labute approximate surface area is 183 Å². The zero-order chi connectivity index (χ0) is 22.1. The fraction of sp³-hybridized carbons (Fsp3) is 0.217. The van der Waals surface area contributed by atoms with Gasteiger partial charge in [-0.1, -0.05) is 42.5 Å². The lowest BCUT2D eigenvalue weighted by Crippen LogP contribution is -2.32. The van der Waals surface area contributed by atoms with E-state index in [9.17, 15) is 16.8 Å². The highest BCUT2D eigenvalue weighted by Crippen LogP contribution is 2.29. The van der Waals surface area contributed by atoms with Gasteiger partial charge in [-0.25, -0.2) is 16.8 Å². The van der Waals surface area contributed by atoms with Crippen LogP contribution in [0, 0.1) is 0 Å². The number of hydrogen-bond acceptors (Lipinski definition) is 5. The normalized spacial score (nSPS) is 17.5. The number of sulfone groups is 1. The molecule has 0 saturated carbocycles. The summed E-state index contributed by atoms with van der Waals surface area (Å²) in [5.41, 5.74) is 1.83. The molecular weight excluding hydrogens is 434 g/mol. The standard InChI is InChI=1S/C23H23NO5S2/c1-29-20-11-7-18(8-12-20)19-9-13-22(14-10-19)31(27,28)24-16-15-23(17-24)30(25,26)21-5-3-2-4-6-21/h2-14,23H,15-17H2,1H3. The molecule has 1 aliphatic heterocycles. The first kappa shape index (κ1) is 21.5. The van der Waals surface area contributed by atoms with Gasteiger partial charge in [-0.3, -0.25) is 0 Å². The number of nitrogens with zero attached hydrogens (tertiary/aromatic N) is 1. The second-order valence-electron chi connectivity index (χ2n) is 7.38. The van der Waals surface area contributed by atoms with Crippen molar-refractivity contribution in [3.8, 4) is 16.9 Å². The predicted octanol–water partition coefficient (Wildman–Crippen LogP) is 3.60. The summed E-state index contributed by atoms with van der Waals surface area (Å²) in [5, 5.41) is -0.747. The molecule has 3 aromatic rings. The average Bonchev–Trinajstić information content (AvgIpc) is 3.32. The summed E-state index contributed by atoms with van der Waals surface area (Å²) in [5.74, 6) is 0.747. The minimum absolute atomic E-state index is 0.0419. The largest absolute Gasteiger partial charge is 0.497 e. The molecule has 8 heteroatoms. The van der Waals surface area contributed by atoms with E-state index in [1.54, 1.807) is 61.7 Å². The molecule has 0 amide bonds. The molecule has 1 heterocycles.